The van der Waals surface area contributed by atoms with Gasteiger partial charge < -0.3 is 10.4 Å². The molecule has 100 valence electrons. The Balaban J connectivity index is 1.78. The fourth-order valence-electron chi connectivity index (χ4n) is 2.56. The fraction of sp³-hybridized carbons (Fsp3) is 0.625. The zero-order valence-electron chi connectivity index (χ0n) is 11.7. The van der Waals surface area contributed by atoms with Gasteiger partial charge in [-0.1, -0.05) is 36.8 Å². The van der Waals surface area contributed by atoms with Crippen molar-refractivity contribution in [1.29, 1.82) is 0 Å². The van der Waals surface area contributed by atoms with Crippen LogP contribution in [0.4, 0.5) is 0 Å². The molecule has 1 aliphatic rings. The average molecular weight is 247 g/mol. The molecule has 0 spiro atoms. The van der Waals surface area contributed by atoms with Gasteiger partial charge in [0.2, 0.25) is 0 Å². The average Bonchev–Trinajstić information content (AvgIpc) is 2.33. The Morgan fingerprint density at radius 1 is 1.22 bits per heavy atom. The fourth-order valence-corrected chi connectivity index (χ4v) is 2.56. The Morgan fingerprint density at radius 2 is 1.83 bits per heavy atom. The first-order valence-corrected chi connectivity index (χ1v) is 7.03. The van der Waals surface area contributed by atoms with Crippen LogP contribution in [0.5, 0.6) is 0 Å². The van der Waals surface area contributed by atoms with Crippen LogP contribution in [0.25, 0.3) is 0 Å². The number of aryl methyl sites for hydroxylation is 1. The summed E-state index contributed by atoms with van der Waals surface area (Å²) < 4.78 is 0. The summed E-state index contributed by atoms with van der Waals surface area (Å²) in [6.45, 7) is 6.66. The zero-order valence-corrected chi connectivity index (χ0v) is 11.7. The third-order valence-corrected chi connectivity index (χ3v) is 4.33. The molecule has 1 aliphatic carbocycles. The molecular formula is C16H25NO. The molecule has 1 aromatic carbocycles. The Morgan fingerprint density at radius 3 is 2.39 bits per heavy atom. The van der Waals surface area contributed by atoms with Crippen molar-refractivity contribution < 1.29 is 5.11 Å². The van der Waals surface area contributed by atoms with Crippen LogP contribution in [0.2, 0.25) is 0 Å². The Bertz CT molecular complexity index is 367. The smallest absolute Gasteiger partial charge is 0.0471 e. The van der Waals surface area contributed by atoms with E-state index in [1.165, 1.54) is 24.0 Å². The van der Waals surface area contributed by atoms with E-state index in [1.54, 1.807) is 0 Å². The van der Waals surface area contributed by atoms with Crippen LogP contribution in [-0.4, -0.2) is 23.8 Å². The molecule has 1 saturated carbocycles. The molecule has 2 atom stereocenters. The lowest BCUT2D eigenvalue weighted by atomic mass is 9.75. The molecule has 0 heterocycles. The summed E-state index contributed by atoms with van der Waals surface area (Å²) in [4.78, 5) is 0. The van der Waals surface area contributed by atoms with Gasteiger partial charge >= 0.3 is 0 Å². The number of hydrogen-bond acceptors (Lipinski definition) is 2. The highest BCUT2D eigenvalue weighted by molar-refractivity contribution is 5.26. The third-order valence-electron chi connectivity index (χ3n) is 4.33. The molecule has 0 aromatic heterocycles. The van der Waals surface area contributed by atoms with E-state index >= 15 is 0 Å². The summed E-state index contributed by atoms with van der Waals surface area (Å²) in [6, 6.07) is 9.95. The number of aliphatic hydroxyl groups is 1. The predicted octanol–water partition coefficient (Wildman–Crippen LogP) is 2.85. The summed E-state index contributed by atoms with van der Waals surface area (Å²) >= 11 is 0. The highest BCUT2D eigenvalue weighted by Gasteiger charge is 2.31. The molecule has 2 unspecified atom stereocenters. The van der Waals surface area contributed by atoms with E-state index in [0.717, 1.165) is 5.92 Å². The molecule has 2 heteroatoms. The third kappa shape index (κ3) is 3.12. The van der Waals surface area contributed by atoms with E-state index in [-0.39, 0.29) is 6.61 Å². The van der Waals surface area contributed by atoms with Gasteiger partial charge in [-0.25, -0.2) is 0 Å². The highest BCUT2D eigenvalue weighted by Crippen LogP contribution is 2.37. The van der Waals surface area contributed by atoms with Gasteiger partial charge in [0, 0.05) is 18.7 Å². The van der Waals surface area contributed by atoms with E-state index < -0.39 is 0 Å². The number of rotatable bonds is 5. The van der Waals surface area contributed by atoms with Gasteiger partial charge in [-0.05, 0) is 44.1 Å². The minimum atomic E-state index is 0.266. The predicted molar refractivity (Wildman–Crippen MR) is 75.8 cm³/mol. The molecule has 1 fully saturated rings. The minimum absolute atomic E-state index is 0.266. The number of hydrogen-bond donors (Lipinski definition) is 2. The molecule has 18 heavy (non-hydrogen) atoms. The maximum Gasteiger partial charge on any atom is 0.0471 e. The van der Waals surface area contributed by atoms with Crippen molar-refractivity contribution in [3.8, 4) is 0 Å². The second-order valence-electron chi connectivity index (χ2n) is 5.89. The maximum absolute atomic E-state index is 9.12. The summed E-state index contributed by atoms with van der Waals surface area (Å²) in [6.07, 6.45) is 2.46. The van der Waals surface area contributed by atoms with E-state index in [9.17, 15) is 0 Å². The first kappa shape index (κ1) is 13.6. The molecular weight excluding hydrogens is 222 g/mol. The van der Waals surface area contributed by atoms with Crippen LogP contribution in [0.15, 0.2) is 24.3 Å². The first-order valence-electron chi connectivity index (χ1n) is 7.03. The molecule has 2 rings (SSSR count). The van der Waals surface area contributed by atoms with E-state index in [2.05, 4.69) is 50.4 Å². The van der Waals surface area contributed by atoms with Crippen LogP contribution in [-0.2, 0) is 0 Å². The summed E-state index contributed by atoms with van der Waals surface area (Å²) in [5.41, 5.74) is 2.81. The van der Waals surface area contributed by atoms with Crippen molar-refractivity contribution in [1.82, 2.24) is 5.32 Å². The van der Waals surface area contributed by atoms with E-state index in [0.29, 0.717) is 18.0 Å². The largest absolute Gasteiger partial charge is 0.396 e. The van der Waals surface area contributed by atoms with Crippen molar-refractivity contribution in [3.05, 3.63) is 35.4 Å². The summed E-state index contributed by atoms with van der Waals surface area (Å²) in [7, 11) is 0. The molecule has 2 N–H and O–H groups in total. The monoisotopic (exact) mass is 247 g/mol. The molecule has 2 nitrogen and oxygen atoms in total. The Kier molecular flexibility index (Phi) is 4.41. The quantitative estimate of drug-likeness (QED) is 0.838. The standard InChI is InChI=1S/C16H25NO/c1-11-4-6-14(7-5-11)15-8-16(9-15)17-13(3)12(2)10-18/h4-7,12-13,15-18H,8-10H2,1-3H3. The van der Waals surface area contributed by atoms with Crippen molar-refractivity contribution in [2.45, 2.75) is 51.6 Å². The summed E-state index contributed by atoms with van der Waals surface area (Å²) in [5, 5.41) is 12.7. The molecule has 0 bridgehead atoms. The zero-order chi connectivity index (χ0) is 13.1. The Hall–Kier alpha value is -0.860. The van der Waals surface area contributed by atoms with Crippen molar-refractivity contribution in [2.24, 2.45) is 5.92 Å². The van der Waals surface area contributed by atoms with Crippen LogP contribution in [0.3, 0.4) is 0 Å². The van der Waals surface area contributed by atoms with Gasteiger partial charge in [0.05, 0.1) is 0 Å². The Labute approximate surface area is 110 Å². The van der Waals surface area contributed by atoms with Gasteiger partial charge in [-0.15, -0.1) is 0 Å². The second-order valence-corrected chi connectivity index (χ2v) is 5.89. The molecule has 0 radical (unpaired) electrons. The number of nitrogens with one attached hydrogen (secondary N) is 1. The van der Waals surface area contributed by atoms with Crippen LogP contribution in [0, 0.1) is 12.8 Å². The second kappa shape index (κ2) is 5.85. The van der Waals surface area contributed by atoms with E-state index in [1.807, 2.05) is 0 Å². The lowest BCUT2D eigenvalue weighted by molar-refractivity contribution is 0.180. The first-order chi connectivity index (χ1) is 8.60. The van der Waals surface area contributed by atoms with Crippen LogP contribution < -0.4 is 5.32 Å². The molecule has 0 saturated heterocycles. The SMILES string of the molecule is Cc1ccc(C2CC(NC(C)C(C)CO)C2)cc1. The lowest BCUT2D eigenvalue weighted by Crippen LogP contribution is -2.47. The van der Waals surface area contributed by atoms with Gasteiger partial charge in [-0.3, -0.25) is 0 Å². The number of aliphatic hydroxyl groups excluding tert-OH is 1. The van der Waals surface area contributed by atoms with Gasteiger partial charge in [0.25, 0.3) is 0 Å². The van der Waals surface area contributed by atoms with Crippen LogP contribution in [0.1, 0.15) is 43.7 Å². The topological polar surface area (TPSA) is 32.3 Å². The van der Waals surface area contributed by atoms with Gasteiger partial charge in [0.15, 0.2) is 0 Å². The minimum Gasteiger partial charge on any atom is -0.396 e. The maximum atomic E-state index is 9.12. The van der Waals surface area contributed by atoms with E-state index in [4.69, 9.17) is 5.11 Å². The van der Waals surface area contributed by atoms with Crippen LogP contribution >= 0.6 is 0 Å². The number of benzene rings is 1. The van der Waals surface area contributed by atoms with Gasteiger partial charge in [0.1, 0.15) is 0 Å². The van der Waals surface area contributed by atoms with Crippen molar-refractivity contribution in [3.63, 3.8) is 0 Å². The van der Waals surface area contributed by atoms with Crippen molar-refractivity contribution in [2.75, 3.05) is 6.61 Å². The molecule has 0 aliphatic heterocycles. The lowest BCUT2D eigenvalue weighted by Gasteiger charge is -2.39. The highest BCUT2D eigenvalue weighted by atomic mass is 16.3. The summed E-state index contributed by atoms with van der Waals surface area (Å²) in [5.74, 6) is 1.06. The normalized spacial score (nSPS) is 26.4. The van der Waals surface area contributed by atoms with Gasteiger partial charge in [-0.2, -0.15) is 0 Å². The molecule has 1 aromatic rings. The van der Waals surface area contributed by atoms with Crippen molar-refractivity contribution >= 4 is 0 Å². The molecule has 0 amide bonds.